The fourth-order valence-corrected chi connectivity index (χ4v) is 5.22. The number of esters is 1. The molecule has 1 amide bonds. The number of nitrogens with one attached hydrogen (secondary N) is 1. The monoisotopic (exact) mass is 582 g/mol. The Morgan fingerprint density at radius 1 is 1.19 bits per heavy atom. The minimum Gasteiger partial charge on any atom is -0.461 e. The van der Waals surface area contributed by atoms with Crippen molar-refractivity contribution >= 4 is 39.6 Å². The number of rotatable bonds is 7. The van der Waals surface area contributed by atoms with Crippen LogP contribution in [-0.2, 0) is 9.47 Å². The molecule has 1 atom stereocenters. The number of aromatic nitrogens is 2. The molecular formula is C26H36BrClN4O4. The van der Waals surface area contributed by atoms with E-state index < -0.39 is 11.6 Å². The third kappa shape index (κ3) is 7.01. The van der Waals surface area contributed by atoms with E-state index >= 15 is 0 Å². The van der Waals surface area contributed by atoms with Gasteiger partial charge in [-0.05, 0) is 88.0 Å². The van der Waals surface area contributed by atoms with Crippen molar-refractivity contribution in [3.63, 3.8) is 0 Å². The molecule has 3 rings (SSSR count). The molecule has 1 aliphatic heterocycles. The molecule has 1 saturated heterocycles. The Bertz CT molecular complexity index is 1060. The van der Waals surface area contributed by atoms with Crippen LogP contribution in [0.5, 0.6) is 0 Å². The van der Waals surface area contributed by atoms with Crippen LogP contribution < -0.4 is 5.32 Å². The van der Waals surface area contributed by atoms with Crippen LogP contribution in [0.1, 0.15) is 88.2 Å². The smallest absolute Gasteiger partial charge is 0.410 e. The predicted octanol–water partition coefficient (Wildman–Crippen LogP) is 6.14. The Kier molecular flexibility index (Phi) is 9.46. The van der Waals surface area contributed by atoms with E-state index in [2.05, 4.69) is 26.2 Å². The first-order chi connectivity index (χ1) is 16.9. The molecule has 10 heteroatoms. The van der Waals surface area contributed by atoms with Crippen molar-refractivity contribution < 1.29 is 19.1 Å². The lowest BCUT2D eigenvalue weighted by Crippen LogP contribution is -2.47. The molecule has 0 aliphatic carbocycles. The van der Waals surface area contributed by atoms with Gasteiger partial charge in [-0.1, -0.05) is 23.7 Å². The van der Waals surface area contributed by atoms with Gasteiger partial charge in [-0.15, -0.1) is 0 Å². The summed E-state index contributed by atoms with van der Waals surface area (Å²) in [5.74, 6) is -0.465. The SMILES string of the molecule is CCOC(=O)c1nc(Br)n(C(C)C)c1C(NC1CCN(C(=O)OC(C)(C)C)CC1)c1ccc(Cl)cc1. The van der Waals surface area contributed by atoms with Crippen molar-refractivity contribution in [2.75, 3.05) is 19.7 Å². The molecule has 2 heterocycles. The number of hydrogen-bond acceptors (Lipinski definition) is 6. The van der Waals surface area contributed by atoms with Gasteiger partial charge in [0.2, 0.25) is 0 Å². The van der Waals surface area contributed by atoms with Gasteiger partial charge < -0.3 is 24.3 Å². The molecule has 0 bridgehead atoms. The van der Waals surface area contributed by atoms with Gasteiger partial charge in [-0.2, -0.15) is 0 Å². The summed E-state index contributed by atoms with van der Waals surface area (Å²) in [6, 6.07) is 7.38. The van der Waals surface area contributed by atoms with Crippen LogP contribution in [-0.4, -0.2) is 57.9 Å². The fourth-order valence-electron chi connectivity index (χ4n) is 4.31. The summed E-state index contributed by atoms with van der Waals surface area (Å²) in [7, 11) is 0. The lowest BCUT2D eigenvalue weighted by atomic mass is 9.97. The molecule has 0 radical (unpaired) electrons. The average Bonchev–Trinajstić information content (AvgIpc) is 3.15. The third-order valence-corrected chi connectivity index (χ3v) is 6.73. The number of amides is 1. The van der Waals surface area contributed by atoms with Gasteiger partial charge in [0.1, 0.15) is 5.60 Å². The van der Waals surface area contributed by atoms with Gasteiger partial charge in [-0.3, -0.25) is 0 Å². The Labute approximate surface area is 226 Å². The number of hydrogen-bond donors (Lipinski definition) is 1. The Hall–Kier alpha value is -2.10. The van der Waals surface area contributed by atoms with E-state index in [0.29, 0.717) is 22.8 Å². The number of halogens is 2. The zero-order valence-corrected chi connectivity index (χ0v) is 24.1. The molecule has 0 spiro atoms. The van der Waals surface area contributed by atoms with Gasteiger partial charge in [-0.25, -0.2) is 14.6 Å². The van der Waals surface area contributed by atoms with E-state index in [4.69, 9.17) is 21.1 Å². The Morgan fingerprint density at radius 3 is 2.33 bits per heavy atom. The predicted molar refractivity (Wildman–Crippen MR) is 144 cm³/mol. The molecule has 198 valence electrons. The van der Waals surface area contributed by atoms with Crippen LogP contribution >= 0.6 is 27.5 Å². The van der Waals surface area contributed by atoms with Crippen molar-refractivity contribution in [2.45, 2.75) is 78.1 Å². The average molecular weight is 584 g/mol. The highest BCUT2D eigenvalue weighted by Crippen LogP contribution is 2.33. The molecule has 1 unspecified atom stereocenters. The van der Waals surface area contributed by atoms with E-state index in [1.54, 1.807) is 11.8 Å². The molecule has 0 saturated carbocycles. The molecule has 36 heavy (non-hydrogen) atoms. The number of carbonyl (C=O) groups is 2. The van der Waals surface area contributed by atoms with Gasteiger partial charge in [0.25, 0.3) is 0 Å². The lowest BCUT2D eigenvalue weighted by molar-refractivity contribution is 0.0195. The van der Waals surface area contributed by atoms with Crippen molar-refractivity contribution in [3.05, 3.63) is 51.0 Å². The molecule has 1 aliphatic rings. The maximum absolute atomic E-state index is 12.9. The minimum absolute atomic E-state index is 0.0377. The van der Waals surface area contributed by atoms with Crippen LogP contribution in [0.15, 0.2) is 29.0 Å². The third-order valence-electron chi connectivity index (χ3n) is 5.92. The number of carbonyl (C=O) groups excluding carboxylic acids is 2. The molecule has 1 N–H and O–H groups in total. The summed E-state index contributed by atoms with van der Waals surface area (Å²) in [5.41, 5.74) is 1.43. The highest BCUT2D eigenvalue weighted by molar-refractivity contribution is 9.10. The van der Waals surface area contributed by atoms with Gasteiger partial charge >= 0.3 is 12.1 Å². The molecular weight excluding hydrogens is 548 g/mol. The van der Waals surface area contributed by atoms with Crippen LogP contribution in [0.25, 0.3) is 0 Å². The normalized spacial score (nSPS) is 15.8. The number of ether oxygens (including phenoxy) is 2. The molecule has 1 fully saturated rings. The summed E-state index contributed by atoms with van der Waals surface area (Å²) in [6.07, 6.45) is 1.20. The summed E-state index contributed by atoms with van der Waals surface area (Å²) < 4.78 is 13.5. The highest BCUT2D eigenvalue weighted by atomic mass is 79.9. The van der Waals surface area contributed by atoms with Crippen LogP contribution in [0.3, 0.4) is 0 Å². The van der Waals surface area contributed by atoms with Crippen LogP contribution in [0, 0.1) is 0 Å². The summed E-state index contributed by atoms with van der Waals surface area (Å²) in [4.78, 5) is 31.8. The van der Waals surface area contributed by atoms with E-state index in [1.165, 1.54) is 0 Å². The first kappa shape index (κ1) is 28.5. The van der Waals surface area contributed by atoms with Crippen LogP contribution in [0.2, 0.25) is 5.02 Å². The lowest BCUT2D eigenvalue weighted by Gasteiger charge is -2.36. The molecule has 8 nitrogen and oxygen atoms in total. The highest BCUT2D eigenvalue weighted by Gasteiger charge is 2.34. The largest absolute Gasteiger partial charge is 0.461 e. The number of piperidine rings is 1. The number of nitrogens with zero attached hydrogens (tertiary/aromatic N) is 3. The minimum atomic E-state index is -0.530. The second kappa shape index (κ2) is 12.0. The zero-order chi connectivity index (χ0) is 26.6. The van der Waals surface area contributed by atoms with E-state index in [0.717, 1.165) is 24.1 Å². The maximum Gasteiger partial charge on any atom is 0.410 e. The number of likely N-dealkylation sites (tertiary alicyclic amines) is 1. The van der Waals surface area contributed by atoms with Crippen molar-refractivity contribution in [2.24, 2.45) is 0 Å². The van der Waals surface area contributed by atoms with Gasteiger partial charge in [0.05, 0.1) is 18.3 Å². The Morgan fingerprint density at radius 2 is 1.81 bits per heavy atom. The van der Waals surface area contributed by atoms with Gasteiger partial charge in [0.15, 0.2) is 10.4 Å². The number of benzene rings is 1. The van der Waals surface area contributed by atoms with E-state index in [-0.39, 0.29) is 36.5 Å². The molecule has 2 aromatic rings. The van der Waals surface area contributed by atoms with Crippen molar-refractivity contribution in [1.82, 2.24) is 19.8 Å². The molecule has 1 aromatic heterocycles. The van der Waals surface area contributed by atoms with Crippen molar-refractivity contribution in [3.8, 4) is 0 Å². The zero-order valence-electron chi connectivity index (χ0n) is 21.8. The van der Waals surface area contributed by atoms with E-state index in [9.17, 15) is 9.59 Å². The fraction of sp³-hybridized carbons (Fsp3) is 0.577. The number of imidazole rings is 1. The summed E-state index contributed by atoms with van der Waals surface area (Å²) in [5, 5.41) is 4.38. The quantitative estimate of drug-likeness (QED) is 0.395. The Balaban J connectivity index is 1.93. The second-order valence-corrected chi connectivity index (χ2v) is 11.3. The van der Waals surface area contributed by atoms with Crippen molar-refractivity contribution in [1.29, 1.82) is 0 Å². The maximum atomic E-state index is 12.9. The standard InChI is InChI=1S/C26H36BrClN4O4/c1-7-35-23(33)21-22(32(16(2)3)24(27)30-21)20(17-8-10-18(28)11-9-17)29-19-12-14-31(15-13-19)25(34)36-26(4,5)6/h8-11,16,19-20,29H,7,12-15H2,1-6H3. The first-order valence-corrected chi connectivity index (χ1v) is 13.5. The van der Waals surface area contributed by atoms with E-state index in [1.807, 2.05) is 63.5 Å². The van der Waals surface area contributed by atoms with Gasteiger partial charge in [0, 0.05) is 30.2 Å². The first-order valence-electron chi connectivity index (χ1n) is 12.4. The second-order valence-electron chi connectivity index (χ2n) is 10.2. The summed E-state index contributed by atoms with van der Waals surface area (Å²) in [6.45, 7) is 12.9. The summed E-state index contributed by atoms with van der Waals surface area (Å²) >= 11 is 9.74. The van der Waals surface area contributed by atoms with Crippen LogP contribution in [0.4, 0.5) is 4.79 Å². The topological polar surface area (TPSA) is 85.7 Å². The molecule has 1 aromatic carbocycles.